The van der Waals surface area contributed by atoms with Crippen LogP contribution in [0.1, 0.15) is 0 Å². The molecule has 4 rings (SSSR count). The fraction of sp³-hybridized carbons (Fsp3) is 0.0909. The van der Waals surface area contributed by atoms with Gasteiger partial charge in [0.25, 0.3) is 15.6 Å². The Labute approximate surface area is 193 Å². The van der Waals surface area contributed by atoms with Crippen LogP contribution in [0.2, 0.25) is 0 Å². The number of pyridine rings is 1. The summed E-state index contributed by atoms with van der Waals surface area (Å²) >= 11 is 1.14. The van der Waals surface area contributed by atoms with Crippen molar-refractivity contribution in [2.24, 2.45) is 7.05 Å². The monoisotopic (exact) mass is 481 g/mol. The molecule has 0 radical (unpaired) electrons. The van der Waals surface area contributed by atoms with E-state index in [9.17, 15) is 18.0 Å². The second-order valence-electron chi connectivity index (χ2n) is 6.96. The number of carbonyl (C=O) groups is 1. The summed E-state index contributed by atoms with van der Waals surface area (Å²) in [5.74, 6) is -0.0758. The van der Waals surface area contributed by atoms with Gasteiger partial charge >= 0.3 is 0 Å². The van der Waals surface area contributed by atoms with E-state index in [-0.39, 0.29) is 27.9 Å². The number of aromatic nitrogens is 3. The third kappa shape index (κ3) is 5.21. The molecule has 0 aliphatic heterocycles. The highest BCUT2D eigenvalue weighted by Crippen LogP contribution is 2.19. The smallest absolute Gasteiger partial charge is 0.263 e. The van der Waals surface area contributed by atoms with Crippen molar-refractivity contribution < 1.29 is 13.2 Å². The van der Waals surface area contributed by atoms with Crippen LogP contribution < -0.4 is 15.6 Å². The molecule has 168 valence electrons. The lowest BCUT2D eigenvalue weighted by molar-refractivity contribution is -0.113. The highest BCUT2D eigenvalue weighted by molar-refractivity contribution is 7.99. The Morgan fingerprint density at radius 2 is 1.76 bits per heavy atom. The first-order valence-corrected chi connectivity index (χ1v) is 12.2. The number of nitrogens with one attached hydrogen (secondary N) is 2. The molecule has 0 atom stereocenters. The first kappa shape index (κ1) is 22.5. The first-order valence-electron chi connectivity index (χ1n) is 9.76. The second-order valence-corrected chi connectivity index (χ2v) is 9.58. The minimum atomic E-state index is -3.80. The van der Waals surface area contributed by atoms with E-state index in [2.05, 4.69) is 20.0 Å². The van der Waals surface area contributed by atoms with Crippen LogP contribution in [0.5, 0.6) is 0 Å². The molecule has 0 fully saturated rings. The van der Waals surface area contributed by atoms with Gasteiger partial charge in [0.15, 0.2) is 5.16 Å². The molecule has 0 saturated carbocycles. The van der Waals surface area contributed by atoms with Crippen LogP contribution in [0.4, 0.5) is 11.5 Å². The van der Waals surface area contributed by atoms with Crippen molar-refractivity contribution in [2.75, 3.05) is 15.8 Å². The van der Waals surface area contributed by atoms with Crippen LogP contribution in [-0.4, -0.2) is 34.6 Å². The van der Waals surface area contributed by atoms with Crippen molar-refractivity contribution in [1.29, 1.82) is 0 Å². The lowest BCUT2D eigenvalue weighted by Crippen LogP contribution is -2.21. The van der Waals surface area contributed by atoms with E-state index < -0.39 is 10.0 Å². The van der Waals surface area contributed by atoms with Crippen molar-refractivity contribution in [3.05, 3.63) is 83.3 Å². The van der Waals surface area contributed by atoms with E-state index >= 15 is 0 Å². The van der Waals surface area contributed by atoms with Gasteiger partial charge in [-0.25, -0.2) is 18.4 Å². The van der Waals surface area contributed by atoms with Gasteiger partial charge in [-0.05, 0) is 48.5 Å². The summed E-state index contributed by atoms with van der Waals surface area (Å²) in [6.45, 7) is 0. The number of anilines is 2. The van der Waals surface area contributed by atoms with E-state index in [1.165, 1.54) is 35.0 Å². The number of carbonyl (C=O) groups excluding carboxylic acids is 1. The van der Waals surface area contributed by atoms with E-state index in [0.717, 1.165) is 11.8 Å². The average molecular weight is 482 g/mol. The molecular weight excluding hydrogens is 462 g/mol. The maximum Gasteiger partial charge on any atom is 0.263 e. The Kier molecular flexibility index (Phi) is 6.43. The number of benzene rings is 2. The second kappa shape index (κ2) is 9.43. The lowest BCUT2D eigenvalue weighted by Gasteiger charge is -2.10. The highest BCUT2D eigenvalue weighted by Gasteiger charge is 2.15. The SMILES string of the molecule is Cn1c(SCC(=O)Nc2ccc(S(=O)(=O)Nc3ccccn3)cc2)nc2ccccc2c1=O. The Morgan fingerprint density at radius 3 is 2.48 bits per heavy atom. The molecule has 2 heterocycles. The number of thioether (sulfide) groups is 1. The zero-order valence-corrected chi connectivity index (χ0v) is 19.1. The predicted molar refractivity (Wildman–Crippen MR) is 128 cm³/mol. The summed E-state index contributed by atoms with van der Waals surface area (Å²) in [7, 11) is -2.19. The highest BCUT2D eigenvalue weighted by atomic mass is 32.2. The number of rotatable bonds is 7. The Hall–Kier alpha value is -3.70. The molecule has 4 aromatic rings. The zero-order chi connectivity index (χ0) is 23.4. The standard InChI is InChI=1S/C22H19N5O4S2/c1-27-21(29)17-6-2-3-7-18(17)25-22(27)32-14-20(28)24-15-9-11-16(12-10-15)33(30,31)26-19-8-4-5-13-23-19/h2-13H,14H2,1H3,(H,23,26)(H,24,28). The van der Waals surface area contributed by atoms with Crippen LogP contribution in [0.15, 0.2) is 87.8 Å². The summed E-state index contributed by atoms with van der Waals surface area (Å²) in [5, 5.41) is 3.65. The lowest BCUT2D eigenvalue weighted by atomic mass is 10.2. The predicted octanol–water partition coefficient (Wildman–Crippen LogP) is 2.86. The molecular formula is C22H19N5O4S2. The van der Waals surface area contributed by atoms with Gasteiger partial charge in [-0.15, -0.1) is 0 Å². The molecule has 9 nitrogen and oxygen atoms in total. The molecule has 2 aromatic carbocycles. The molecule has 0 bridgehead atoms. The molecule has 0 spiro atoms. The van der Waals surface area contributed by atoms with Crippen LogP contribution >= 0.6 is 11.8 Å². The van der Waals surface area contributed by atoms with Gasteiger partial charge in [-0.2, -0.15) is 0 Å². The first-order chi connectivity index (χ1) is 15.8. The number of nitrogens with zero attached hydrogens (tertiary/aromatic N) is 3. The Balaban J connectivity index is 1.40. The fourth-order valence-corrected chi connectivity index (χ4v) is 4.77. The molecule has 11 heteroatoms. The normalized spacial score (nSPS) is 11.3. The summed E-state index contributed by atoms with van der Waals surface area (Å²) in [5.41, 5.74) is 0.831. The molecule has 1 amide bonds. The largest absolute Gasteiger partial charge is 0.325 e. The van der Waals surface area contributed by atoms with Gasteiger partial charge in [0, 0.05) is 18.9 Å². The molecule has 2 aromatic heterocycles. The van der Waals surface area contributed by atoms with Crippen LogP contribution in [0.3, 0.4) is 0 Å². The third-order valence-electron chi connectivity index (χ3n) is 4.63. The molecule has 33 heavy (non-hydrogen) atoms. The van der Waals surface area contributed by atoms with Gasteiger partial charge in [-0.3, -0.25) is 18.9 Å². The fourth-order valence-electron chi connectivity index (χ4n) is 2.99. The summed E-state index contributed by atoms with van der Waals surface area (Å²) < 4.78 is 28.7. The number of hydrogen-bond acceptors (Lipinski definition) is 7. The number of para-hydroxylation sites is 1. The average Bonchev–Trinajstić information content (AvgIpc) is 2.81. The van der Waals surface area contributed by atoms with Crippen molar-refractivity contribution in [1.82, 2.24) is 14.5 Å². The van der Waals surface area contributed by atoms with E-state index in [1.54, 1.807) is 49.5 Å². The van der Waals surface area contributed by atoms with Crippen molar-refractivity contribution in [3.8, 4) is 0 Å². The maximum absolute atomic E-state index is 12.5. The molecule has 2 N–H and O–H groups in total. The van der Waals surface area contributed by atoms with E-state index in [1.807, 2.05) is 0 Å². The van der Waals surface area contributed by atoms with E-state index in [0.29, 0.717) is 21.7 Å². The maximum atomic E-state index is 12.5. The van der Waals surface area contributed by atoms with Gasteiger partial charge in [-0.1, -0.05) is 30.0 Å². The van der Waals surface area contributed by atoms with Crippen molar-refractivity contribution in [3.63, 3.8) is 0 Å². The van der Waals surface area contributed by atoms with Gasteiger partial charge < -0.3 is 5.32 Å². The molecule has 0 unspecified atom stereocenters. The summed E-state index contributed by atoms with van der Waals surface area (Å²) in [6.07, 6.45) is 1.49. The molecule has 0 aliphatic carbocycles. The Morgan fingerprint density at radius 1 is 1.03 bits per heavy atom. The van der Waals surface area contributed by atoms with Crippen molar-refractivity contribution >= 4 is 50.1 Å². The number of fused-ring (bicyclic) bond motifs is 1. The van der Waals surface area contributed by atoms with Gasteiger partial charge in [0.2, 0.25) is 5.91 Å². The number of amides is 1. The topological polar surface area (TPSA) is 123 Å². The minimum Gasteiger partial charge on any atom is -0.325 e. The third-order valence-corrected chi connectivity index (χ3v) is 7.03. The van der Waals surface area contributed by atoms with Crippen molar-refractivity contribution in [2.45, 2.75) is 10.1 Å². The summed E-state index contributed by atoms with van der Waals surface area (Å²) in [6, 6.07) is 17.7. The molecule has 0 aliphatic rings. The Bertz CT molecular complexity index is 1470. The van der Waals surface area contributed by atoms with Gasteiger partial charge in [0.05, 0.1) is 21.6 Å². The van der Waals surface area contributed by atoms with E-state index in [4.69, 9.17) is 0 Å². The van der Waals surface area contributed by atoms with Crippen LogP contribution in [0, 0.1) is 0 Å². The van der Waals surface area contributed by atoms with Gasteiger partial charge in [0.1, 0.15) is 5.82 Å². The molecule has 0 saturated heterocycles. The number of sulfonamides is 1. The van der Waals surface area contributed by atoms with Crippen LogP contribution in [0.25, 0.3) is 10.9 Å². The van der Waals surface area contributed by atoms with Crippen LogP contribution in [-0.2, 0) is 21.9 Å². The number of hydrogen-bond donors (Lipinski definition) is 2. The zero-order valence-electron chi connectivity index (χ0n) is 17.4. The minimum absolute atomic E-state index is 0.0277. The summed E-state index contributed by atoms with van der Waals surface area (Å²) in [4.78, 5) is 33.3. The quantitative estimate of drug-likeness (QED) is 0.307.